The van der Waals surface area contributed by atoms with Crippen molar-refractivity contribution in [2.75, 3.05) is 5.32 Å². The van der Waals surface area contributed by atoms with Crippen molar-refractivity contribution in [3.05, 3.63) is 99.8 Å². The van der Waals surface area contributed by atoms with E-state index in [0.717, 1.165) is 11.3 Å². The second-order valence-corrected chi connectivity index (χ2v) is 6.15. The Morgan fingerprint density at radius 1 is 0.963 bits per heavy atom. The van der Waals surface area contributed by atoms with E-state index in [2.05, 4.69) is 15.3 Å². The van der Waals surface area contributed by atoms with Crippen LogP contribution in [0.5, 0.6) is 0 Å². The third-order valence-corrected chi connectivity index (χ3v) is 3.97. The lowest BCUT2D eigenvalue weighted by Crippen LogP contribution is -2.11. The summed E-state index contributed by atoms with van der Waals surface area (Å²) in [5.74, 6) is 0.353. The smallest absolute Gasteiger partial charge is 0.260 e. The van der Waals surface area contributed by atoms with E-state index in [-0.39, 0.29) is 12.2 Å². The first kappa shape index (κ1) is 18.6. The van der Waals surface area contributed by atoms with E-state index in [9.17, 15) is 4.79 Å². The van der Waals surface area contributed by atoms with Gasteiger partial charge in [0.15, 0.2) is 0 Å². The standard InChI is InChI=1S/C15H12ClN3O2.C6H6/c16-10-3-6-13-12(7-10)14(21)19-15(18-13)17-11-4-1-9(8-20)2-5-11;1-2-4-6-5-3-1/h1-7,20H,8H2,(H2,17,18,19,21);1-6H. The molecule has 27 heavy (non-hydrogen) atoms. The number of nitrogens with zero attached hydrogens (tertiary/aromatic N) is 1. The summed E-state index contributed by atoms with van der Waals surface area (Å²) < 4.78 is 0. The summed E-state index contributed by atoms with van der Waals surface area (Å²) in [5.41, 5.74) is 1.90. The van der Waals surface area contributed by atoms with Gasteiger partial charge in [0.2, 0.25) is 5.95 Å². The van der Waals surface area contributed by atoms with Crippen LogP contribution in [-0.4, -0.2) is 15.1 Å². The van der Waals surface area contributed by atoms with Crippen LogP contribution in [0.25, 0.3) is 10.9 Å². The van der Waals surface area contributed by atoms with Crippen LogP contribution in [0.4, 0.5) is 11.6 Å². The molecule has 0 aliphatic rings. The number of halogens is 1. The Morgan fingerprint density at radius 2 is 1.59 bits per heavy atom. The highest BCUT2D eigenvalue weighted by molar-refractivity contribution is 6.31. The van der Waals surface area contributed by atoms with Gasteiger partial charge in [-0.1, -0.05) is 60.1 Å². The van der Waals surface area contributed by atoms with Crippen LogP contribution >= 0.6 is 11.6 Å². The molecule has 0 amide bonds. The number of benzene rings is 3. The van der Waals surface area contributed by atoms with E-state index in [1.54, 1.807) is 42.5 Å². The average molecular weight is 380 g/mol. The third-order valence-electron chi connectivity index (χ3n) is 3.73. The molecular weight excluding hydrogens is 362 g/mol. The molecule has 0 saturated carbocycles. The first-order valence-electron chi connectivity index (χ1n) is 8.32. The summed E-state index contributed by atoms with van der Waals surface area (Å²) >= 11 is 5.87. The molecule has 136 valence electrons. The van der Waals surface area contributed by atoms with Gasteiger partial charge in [-0.25, -0.2) is 4.98 Å². The van der Waals surface area contributed by atoms with E-state index in [1.165, 1.54) is 0 Å². The molecule has 5 nitrogen and oxygen atoms in total. The van der Waals surface area contributed by atoms with E-state index in [1.807, 2.05) is 36.4 Å². The van der Waals surface area contributed by atoms with Crippen molar-refractivity contribution in [1.82, 2.24) is 9.97 Å². The van der Waals surface area contributed by atoms with Crippen LogP contribution < -0.4 is 10.9 Å². The number of hydrogen-bond donors (Lipinski definition) is 3. The van der Waals surface area contributed by atoms with Crippen molar-refractivity contribution in [3.63, 3.8) is 0 Å². The van der Waals surface area contributed by atoms with Gasteiger partial charge < -0.3 is 10.4 Å². The minimum absolute atomic E-state index is 0.00784. The summed E-state index contributed by atoms with van der Waals surface area (Å²) in [6.07, 6.45) is 0. The van der Waals surface area contributed by atoms with Crippen molar-refractivity contribution in [1.29, 1.82) is 0 Å². The number of aromatic amines is 1. The fourth-order valence-corrected chi connectivity index (χ4v) is 2.56. The van der Waals surface area contributed by atoms with Crippen LogP contribution in [0.1, 0.15) is 5.56 Å². The monoisotopic (exact) mass is 379 g/mol. The first-order valence-corrected chi connectivity index (χ1v) is 8.70. The molecule has 4 aromatic rings. The second-order valence-electron chi connectivity index (χ2n) is 5.71. The second kappa shape index (κ2) is 8.98. The Balaban J connectivity index is 0.000000299. The highest BCUT2D eigenvalue weighted by Gasteiger charge is 2.05. The molecule has 0 aliphatic heterocycles. The molecule has 3 aromatic carbocycles. The van der Waals surface area contributed by atoms with Gasteiger partial charge in [0.1, 0.15) is 0 Å². The molecule has 1 aromatic heterocycles. The number of aromatic nitrogens is 2. The maximum absolute atomic E-state index is 12.0. The Morgan fingerprint density at radius 3 is 2.19 bits per heavy atom. The number of aliphatic hydroxyl groups is 1. The topological polar surface area (TPSA) is 78.0 Å². The van der Waals surface area contributed by atoms with Gasteiger partial charge in [0.25, 0.3) is 5.56 Å². The van der Waals surface area contributed by atoms with Gasteiger partial charge >= 0.3 is 0 Å². The molecule has 0 atom stereocenters. The third kappa shape index (κ3) is 5.17. The van der Waals surface area contributed by atoms with Crippen LogP contribution in [0.2, 0.25) is 5.02 Å². The maximum Gasteiger partial charge on any atom is 0.260 e. The van der Waals surface area contributed by atoms with Crippen molar-refractivity contribution in [3.8, 4) is 0 Å². The molecule has 0 bridgehead atoms. The lowest BCUT2D eigenvalue weighted by molar-refractivity contribution is 0.282. The maximum atomic E-state index is 12.0. The summed E-state index contributed by atoms with van der Waals surface area (Å²) in [6.45, 7) is -0.00784. The van der Waals surface area contributed by atoms with Crippen molar-refractivity contribution in [2.24, 2.45) is 0 Å². The Hall–Kier alpha value is -3.15. The Kier molecular flexibility index (Phi) is 6.20. The minimum atomic E-state index is -0.253. The van der Waals surface area contributed by atoms with Crippen molar-refractivity contribution < 1.29 is 5.11 Å². The summed E-state index contributed by atoms with van der Waals surface area (Å²) in [6, 6.07) is 24.2. The molecule has 0 unspecified atom stereocenters. The highest BCUT2D eigenvalue weighted by atomic mass is 35.5. The summed E-state index contributed by atoms with van der Waals surface area (Å²) in [5, 5.41) is 13.0. The molecule has 0 spiro atoms. The van der Waals surface area contributed by atoms with Gasteiger partial charge in [-0.2, -0.15) is 0 Å². The Labute approximate surface area is 161 Å². The molecule has 1 heterocycles. The molecule has 6 heteroatoms. The average Bonchev–Trinajstić information content (AvgIpc) is 2.71. The SMILES string of the molecule is O=c1[nH]c(Nc2ccc(CO)cc2)nc2ccc(Cl)cc12.c1ccccc1. The van der Waals surface area contributed by atoms with Gasteiger partial charge in [0, 0.05) is 10.7 Å². The normalized spacial score (nSPS) is 10.1. The molecular formula is C21H18ClN3O2. The lowest BCUT2D eigenvalue weighted by Gasteiger charge is -2.07. The van der Waals surface area contributed by atoms with Gasteiger partial charge in [-0.3, -0.25) is 9.78 Å². The number of aliphatic hydroxyl groups excluding tert-OH is 1. The predicted molar refractivity (Wildman–Crippen MR) is 109 cm³/mol. The summed E-state index contributed by atoms with van der Waals surface area (Å²) in [4.78, 5) is 19.0. The number of rotatable bonds is 3. The molecule has 0 saturated heterocycles. The van der Waals surface area contributed by atoms with Crippen LogP contribution in [-0.2, 0) is 6.61 Å². The van der Waals surface area contributed by atoms with E-state index in [0.29, 0.717) is 21.9 Å². The summed E-state index contributed by atoms with van der Waals surface area (Å²) in [7, 11) is 0. The van der Waals surface area contributed by atoms with Crippen LogP contribution in [0.15, 0.2) is 83.7 Å². The molecule has 3 N–H and O–H groups in total. The molecule has 4 rings (SSSR count). The first-order chi connectivity index (χ1) is 13.2. The molecule has 0 fully saturated rings. The Bertz CT molecular complexity index is 1040. The lowest BCUT2D eigenvalue weighted by atomic mass is 10.2. The zero-order valence-corrected chi connectivity index (χ0v) is 15.1. The van der Waals surface area contributed by atoms with Gasteiger partial charge in [0.05, 0.1) is 17.5 Å². The fraction of sp³-hybridized carbons (Fsp3) is 0.0476. The fourth-order valence-electron chi connectivity index (χ4n) is 2.39. The van der Waals surface area contributed by atoms with E-state index in [4.69, 9.17) is 16.7 Å². The number of hydrogen-bond acceptors (Lipinski definition) is 4. The van der Waals surface area contributed by atoms with Crippen molar-refractivity contribution >= 4 is 34.1 Å². The minimum Gasteiger partial charge on any atom is -0.392 e. The molecule has 0 aliphatic carbocycles. The van der Waals surface area contributed by atoms with Crippen LogP contribution in [0, 0.1) is 0 Å². The quantitative estimate of drug-likeness (QED) is 0.489. The van der Waals surface area contributed by atoms with Gasteiger partial charge in [-0.05, 0) is 35.9 Å². The van der Waals surface area contributed by atoms with Gasteiger partial charge in [-0.15, -0.1) is 0 Å². The van der Waals surface area contributed by atoms with E-state index >= 15 is 0 Å². The zero-order chi connectivity index (χ0) is 19.1. The molecule has 0 radical (unpaired) electrons. The largest absolute Gasteiger partial charge is 0.392 e. The van der Waals surface area contributed by atoms with E-state index < -0.39 is 0 Å². The zero-order valence-electron chi connectivity index (χ0n) is 14.4. The van der Waals surface area contributed by atoms with Crippen molar-refractivity contribution in [2.45, 2.75) is 6.61 Å². The van der Waals surface area contributed by atoms with Crippen LogP contribution in [0.3, 0.4) is 0 Å². The number of fused-ring (bicyclic) bond motifs is 1. The highest BCUT2D eigenvalue weighted by Crippen LogP contribution is 2.18. The predicted octanol–water partition coefficient (Wildman–Crippen LogP) is 4.50. The number of nitrogens with one attached hydrogen (secondary N) is 2. The number of H-pyrrole nitrogens is 1. The number of anilines is 2.